The molecule has 0 bridgehead atoms. The molecule has 1 fully saturated rings. The van der Waals surface area contributed by atoms with E-state index < -0.39 is 0 Å². The summed E-state index contributed by atoms with van der Waals surface area (Å²) >= 11 is 2.06. The molecule has 1 aliphatic heterocycles. The predicted molar refractivity (Wildman–Crippen MR) is 90.4 cm³/mol. The summed E-state index contributed by atoms with van der Waals surface area (Å²) in [6.45, 7) is 5.25. The maximum Gasteiger partial charge on any atom is 0.161 e. The van der Waals surface area contributed by atoms with E-state index in [1.807, 2.05) is 19.9 Å². The second-order valence-corrected chi connectivity index (χ2v) is 6.69. The molecule has 1 aromatic rings. The standard InChI is InChI=1S/C17H27NO2S/c1-3-19-16-6-5-14(12-17(16)20-4-2)15(18)11-13-7-9-21-10-8-13/h5-6,12-13,15H,3-4,7-11,18H2,1-2H3. The molecule has 4 heteroatoms. The summed E-state index contributed by atoms with van der Waals surface area (Å²) in [6.07, 6.45) is 3.67. The summed E-state index contributed by atoms with van der Waals surface area (Å²) in [5.74, 6) is 4.95. The van der Waals surface area contributed by atoms with E-state index in [9.17, 15) is 0 Å². The van der Waals surface area contributed by atoms with Gasteiger partial charge in [-0.25, -0.2) is 0 Å². The van der Waals surface area contributed by atoms with Crippen molar-refractivity contribution in [1.82, 2.24) is 0 Å². The van der Waals surface area contributed by atoms with Crippen LogP contribution < -0.4 is 15.2 Å². The summed E-state index contributed by atoms with van der Waals surface area (Å²) in [6, 6.07) is 6.21. The van der Waals surface area contributed by atoms with Gasteiger partial charge < -0.3 is 15.2 Å². The molecule has 2 rings (SSSR count). The second-order valence-electron chi connectivity index (χ2n) is 5.47. The molecule has 0 spiro atoms. The van der Waals surface area contributed by atoms with Crippen molar-refractivity contribution in [3.05, 3.63) is 23.8 Å². The lowest BCUT2D eigenvalue weighted by molar-refractivity contribution is 0.287. The Morgan fingerprint density at radius 1 is 1.14 bits per heavy atom. The Balaban J connectivity index is 2.05. The molecule has 0 saturated carbocycles. The number of hydrogen-bond donors (Lipinski definition) is 1. The summed E-state index contributed by atoms with van der Waals surface area (Å²) in [7, 11) is 0. The van der Waals surface area contributed by atoms with E-state index in [2.05, 4.69) is 23.9 Å². The highest BCUT2D eigenvalue weighted by molar-refractivity contribution is 7.99. The molecule has 3 nitrogen and oxygen atoms in total. The first-order valence-electron chi connectivity index (χ1n) is 7.97. The zero-order chi connectivity index (χ0) is 15.1. The lowest BCUT2D eigenvalue weighted by atomic mass is 9.91. The normalized spacial score (nSPS) is 17.5. The van der Waals surface area contributed by atoms with E-state index in [-0.39, 0.29) is 6.04 Å². The summed E-state index contributed by atoms with van der Waals surface area (Å²) in [5.41, 5.74) is 7.56. The Morgan fingerprint density at radius 3 is 2.48 bits per heavy atom. The van der Waals surface area contributed by atoms with E-state index >= 15 is 0 Å². The van der Waals surface area contributed by atoms with Crippen molar-refractivity contribution in [2.24, 2.45) is 11.7 Å². The van der Waals surface area contributed by atoms with Crippen molar-refractivity contribution in [2.45, 2.75) is 39.2 Å². The van der Waals surface area contributed by atoms with Gasteiger partial charge in [0.25, 0.3) is 0 Å². The van der Waals surface area contributed by atoms with Gasteiger partial charge >= 0.3 is 0 Å². The fraction of sp³-hybridized carbons (Fsp3) is 0.647. The Hall–Kier alpha value is -0.870. The SMILES string of the molecule is CCOc1ccc(C(N)CC2CCSCC2)cc1OCC. The van der Waals surface area contributed by atoms with Crippen LogP contribution in [0.1, 0.15) is 44.7 Å². The van der Waals surface area contributed by atoms with Crippen LogP contribution in [-0.2, 0) is 0 Å². The van der Waals surface area contributed by atoms with Gasteiger partial charge in [0.15, 0.2) is 11.5 Å². The number of ether oxygens (including phenoxy) is 2. The molecule has 1 aliphatic rings. The molecule has 1 aromatic carbocycles. The number of thioether (sulfide) groups is 1. The van der Waals surface area contributed by atoms with Crippen molar-refractivity contribution in [1.29, 1.82) is 0 Å². The first-order chi connectivity index (χ1) is 10.2. The molecule has 0 aromatic heterocycles. The van der Waals surface area contributed by atoms with E-state index in [1.165, 1.54) is 24.3 Å². The van der Waals surface area contributed by atoms with Crippen LogP contribution in [0.5, 0.6) is 11.5 Å². The zero-order valence-electron chi connectivity index (χ0n) is 13.1. The van der Waals surface area contributed by atoms with Gasteiger partial charge in [0.2, 0.25) is 0 Å². The summed E-state index contributed by atoms with van der Waals surface area (Å²) < 4.78 is 11.3. The highest BCUT2D eigenvalue weighted by Gasteiger charge is 2.19. The van der Waals surface area contributed by atoms with Gasteiger partial charge in [-0.15, -0.1) is 0 Å². The largest absolute Gasteiger partial charge is 0.490 e. The highest BCUT2D eigenvalue weighted by atomic mass is 32.2. The van der Waals surface area contributed by atoms with E-state index in [4.69, 9.17) is 15.2 Å². The molecule has 1 atom stereocenters. The molecule has 1 unspecified atom stereocenters. The number of nitrogens with two attached hydrogens (primary N) is 1. The molecular formula is C17H27NO2S. The molecule has 0 radical (unpaired) electrons. The van der Waals surface area contributed by atoms with Crippen LogP contribution in [0.4, 0.5) is 0 Å². The zero-order valence-corrected chi connectivity index (χ0v) is 14.0. The van der Waals surface area contributed by atoms with E-state index in [1.54, 1.807) is 0 Å². The molecule has 118 valence electrons. The fourth-order valence-electron chi connectivity index (χ4n) is 2.78. The predicted octanol–water partition coefficient (Wildman–Crippen LogP) is 4.02. The minimum absolute atomic E-state index is 0.0907. The highest BCUT2D eigenvalue weighted by Crippen LogP contribution is 2.34. The number of rotatable bonds is 7. The van der Waals surface area contributed by atoms with Crippen LogP contribution in [-0.4, -0.2) is 24.7 Å². The van der Waals surface area contributed by atoms with Gasteiger partial charge in [-0.3, -0.25) is 0 Å². The van der Waals surface area contributed by atoms with Crippen LogP contribution in [0.15, 0.2) is 18.2 Å². The summed E-state index contributed by atoms with van der Waals surface area (Å²) in [4.78, 5) is 0. The fourth-order valence-corrected chi connectivity index (χ4v) is 3.98. The minimum atomic E-state index is 0.0907. The van der Waals surface area contributed by atoms with Gasteiger partial charge in [0.05, 0.1) is 13.2 Å². The molecule has 1 saturated heterocycles. The Bertz CT molecular complexity index is 433. The molecule has 1 heterocycles. The monoisotopic (exact) mass is 309 g/mol. The number of benzene rings is 1. The Labute approximate surface area is 132 Å². The third-order valence-corrected chi connectivity index (χ3v) is 4.97. The van der Waals surface area contributed by atoms with Crippen molar-refractivity contribution >= 4 is 11.8 Å². The van der Waals surface area contributed by atoms with Gasteiger partial charge in [0, 0.05) is 6.04 Å². The van der Waals surface area contributed by atoms with Gasteiger partial charge in [-0.05, 0) is 68.2 Å². The average molecular weight is 309 g/mol. The Kier molecular flexibility index (Phi) is 6.71. The van der Waals surface area contributed by atoms with Crippen LogP contribution in [0.25, 0.3) is 0 Å². The van der Waals surface area contributed by atoms with Crippen LogP contribution in [0, 0.1) is 5.92 Å². The second kappa shape index (κ2) is 8.54. The van der Waals surface area contributed by atoms with Crippen molar-refractivity contribution in [2.75, 3.05) is 24.7 Å². The van der Waals surface area contributed by atoms with Gasteiger partial charge in [-0.2, -0.15) is 11.8 Å². The topological polar surface area (TPSA) is 44.5 Å². The van der Waals surface area contributed by atoms with E-state index in [0.29, 0.717) is 13.2 Å². The van der Waals surface area contributed by atoms with Gasteiger partial charge in [-0.1, -0.05) is 6.07 Å². The summed E-state index contributed by atoms with van der Waals surface area (Å²) in [5, 5.41) is 0. The van der Waals surface area contributed by atoms with Crippen molar-refractivity contribution < 1.29 is 9.47 Å². The maximum absolute atomic E-state index is 6.41. The molecule has 0 amide bonds. The van der Waals surface area contributed by atoms with Crippen molar-refractivity contribution in [3.8, 4) is 11.5 Å². The molecule has 2 N–H and O–H groups in total. The van der Waals surface area contributed by atoms with Gasteiger partial charge in [0.1, 0.15) is 0 Å². The lowest BCUT2D eigenvalue weighted by Gasteiger charge is -2.25. The average Bonchev–Trinajstić information content (AvgIpc) is 2.50. The molecule has 0 aliphatic carbocycles. The molecule has 21 heavy (non-hydrogen) atoms. The molecular weight excluding hydrogens is 282 g/mol. The Morgan fingerprint density at radius 2 is 1.81 bits per heavy atom. The van der Waals surface area contributed by atoms with Crippen LogP contribution in [0.3, 0.4) is 0 Å². The van der Waals surface area contributed by atoms with Crippen LogP contribution in [0.2, 0.25) is 0 Å². The smallest absolute Gasteiger partial charge is 0.161 e. The lowest BCUT2D eigenvalue weighted by Crippen LogP contribution is -2.19. The maximum atomic E-state index is 6.41. The van der Waals surface area contributed by atoms with Crippen molar-refractivity contribution in [3.63, 3.8) is 0 Å². The van der Waals surface area contributed by atoms with E-state index in [0.717, 1.165) is 29.4 Å². The van der Waals surface area contributed by atoms with Crippen LogP contribution >= 0.6 is 11.8 Å². The third kappa shape index (κ3) is 4.82. The number of hydrogen-bond acceptors (Lipinski definition) is 4. The first-order valence-corrected chi connectivity index (χ1v) is 9.12. The first kappa shape index (κ1) is 16.5. The third-order valence-electron chi connectivity index (χ3n) is 3.92. The quantitative estimate of drug-likeness (QED) is 0.826. The minimum Gasteiger partial charge on any atom is -0.490 e.